The van der Waals surface area contributed by atoms with Crippen molar-refractivity contribution in [3.8, 4) is 11.1 Å². The number of rotatable bonds is 7. The van der Waals surface area contributed by atoms with E-state index in [2.05, 4.69) is 159 Å². The zero-order valence-corrected chi connectivity index (χ0v) is 28.9. The molecule has 6 aromatic carbocycles. The molecule has 0 amide bonds. The first-order valence-electron chi connectivity index (χ1n) is 16.9. The molecule has 2 fully saturated rings. The molecule has 0 spiro atoms. The lowest BCUT2D eigenvalue weighted by molar-refractivity contribution is 0.171. The number of hydrogen-bond acceptors (Lipinski definition) is 4. The van der Waals surface area contributed by atoms with Gasteiger partial charge in [-0.1, -0.05) is 182 Å². The van der Waals surface area contributed by atoms with Gasteiger partial charge in [0.25, 0.3) is 0 Å². The molecular weight excluding hydrogens is 629 g/mol. The average Bonchev–Trinajstić information content (AvgIpc) is 4.11. The SMILES string of the molecule is C.C.C.CCc1ccc(-c2ccc(CC)cc2)cc1.COCC1CO1.COCC1CO1.c1ccc2ccccc2c1.c1ccc2ccccc2c1. The Labute approximate surface area is 309 Å². The minimum absolute atomic E-state index is 0. The summed E-state index contributed by atoms with van der Waals surface area (Å²) >= 11 is 0. The Morgan fingerprint density at radius 2 is 0.667 bits per heavy atom. The fourth-order valence-electron chi connectivity index (χ4n) is 4.83. The van der Waals surface area contributed by atoms with Gasteiger partial charge >= 0.3 is 0 Å². The van der Waals surface area contributed by atoms with Gasteiger partial charge in [0.2, 0.25) is 0 Å². The molecule has 4 heteroatoms. The van der Waals surface area contributed by atoms with Gasteiger partial charge in [0.05, 0.1) is 26.4 Å². The summed E-state index contributed by atoms with van der Waals surface area (Å²) in [5.41, 5.74) is 5.41. The standard InChI is InChI=1S/C16H18.2C10H8.2C4H8O2.3CH4/c1-3-13-5-9-15(10-6-13)16-11-7-14(4-2)8-12-16;2*1-2-6-10-8-4-3-7-9(10)5-1;2*1-5-2-4-3-6-4;;;/h5-12H,3-4H2,1-2H3;2*1-8H;2*4H,2-3H2,1H3;3*1H4. The molecule has 2 heterocycles. The summed E-state index contributed by atoms with van der Waals surface area (Å²) in [5, 5.41) is 5.24. The van der Waals surface area contributed by atoms with E-state index in [4.69, 9.17) is 18.9 Å². The van der Waals surface area contributed by atoms with Gasteiger partial charge in [0.15, 0.2) is 0 Å². The summed E-state index contributed by atoms with van der Waals surface area (Å²) < 4.78 is 19.1. The second kappa shape index (κ2) is 25.6. The molecule has 2 aliphatic heterocycles. The molecule has 274 valence electrons. The van der Waals surface area contributed by atoms with Crippen molar-refractivity contribution in [2.75, 3.05) is 40.6 Å². The largest absolute Gasteiger partial charge is 0.382 e. The second-order valence-corrected chi connectivity index (χ2v) is 11.6. The third-order valence-corrected chi connectivity index (χ3v) is 7.88. The van der Waals surface area contributed by atoms with E-state index in [1.54, 1.807) is 14.2 Å². The Kier molecular flexibility index (Phi) is 22.4. The van der Waals surface area contributed by atoms with E-state index in [0.717, 1.165) is 39.3 Å². The highest BCUT2D eigenvalue weighted by atomic mass is 16.6. The molecular formula is C47H62O4. The molecule has 0 aliphatic carbocycles. The van der Waals surface area contributed by atoms with E-state index in [0.29, 0.717) is 12.2 Å². The van der Waals surface area contributed by atoms with Crippen LogP contribution in [0.3, 0.4) is 0 Å². The Hall–Kier alpha value is -4.32. The maximum absolute atomic E-state index is 4.82. The maximum atomic E-state index is 4.82. The molecule has 51 heavy (non-hydrogen) atoms. The van der Waals surface area contributed by atoms with Crippen molar-refractivity contribution in [1.82, 2.24) is 0 Å². The number of hydrogen-bond donors (Lipinski definition) is 0. The summed E-state index contributed by atoms with van der Waals surface area (Å²) in [6, 6.07) is 51.1. The summed E-state index contributed by atoms with van der Waals surface area (Å²) in [4.78, 5) is 0. The third kappa shape index (κ3) is 17.0. The van der Waals surface area contributed by atoms with Gasteiger partial charge < -0.3 is 18.9 Å². The van der Waals surface area contributed by atoms with Crippen LogP contribution in [-0.4, -0.2) is 52.9 Å². The molecule has 0 aromatic heterocycles. The van der Waals surface area contributed by atoms with Crippen LogP contribution in [0.1, 0.15) is 47.3 Å². The number of ether oxygens (including phenoxy) is 4. The predicted molar refractivity (Wildman–Crippen MR) is 222 cm³/mol. The monoisotopic (exact) mass is 690 g/mol. The fourth-order valence-corrected chi connectivity index (χ4v) is 4.83. The van der Waals surface area contributed by atoms with Crippen LogP contribution in [0, 0.1) is 0 Å². The number of aryl methyl sites for hydroxylation is 2. The molecule has 0 N–H and O–H groups in total. The van der Waals surface area contributed by atoms with Gasteiger partial charge in [0.1, 0.15) is 12.2 Å². The molecule has 2 aliphatic rings. The normalized spacial score (nSPS) is 14.4. The summed E-state index contributed by atoms with van der Waals surface area (Å²) in [6.07, 6.45) is 3.06. The number of benzene rings is 6. The quantitative estimate of drug-likeness (QED) is 0.156. The van der Waals surface area contributed by atoms with Crippen molar-refractivity contribution in [2.45, 2.75) is 61.2 Å². The van der Waals surface area contributed by atoms with Gasteiger partial charge in [-0.2, -0.15) is 0 Å². The van der Waals surface area contributed by atoms with E-state index in [1.165, 1.54) is 43.8 Å². The highest BCUT2D eigenvalue weighted by Gasteiger charge is 2.21. The number of epoxide rings is 2. The van der Waals surface area contributed by atoms with Crippen LogP contribution in [0.4, 0.5) is 0 Å². The van der Waals surface area contributed by atoms with Gasteiger partial charge in [0, 0.05) is 14.2 Å². The molecule has 8 rings (SSSR count). The van der Waals surface area contributed by atoms with Gasteiger partial charge in [-0.05, 0) is 56.6 Å². The summed E-state index contributed by atoms with van der Waals surface area (Å²) in [7, 11) is 3.36. The second-order valence-electron chi connectivity index (χ2n) is 11.6. The number of methoxy groups -OCH3 is 2. The maximum Gasteiger partial charge on any atom is 0.104 e. The van der Waals surface area contributed by atoms with E-state index in [9.17, 15) is 0 Å². The topological polar surface area (TPSA) is 43.5 Å². The van der Waals surface area contributed by atoms with Crippen molar-refractivity contribution < 1.29 is 18.9 Å². The van der Waals surface area contributed by atoms with E-state index < -0.39 is 0 Å². The minimum Gasteiger partial charge on any atom is -0.382 e. The van der Waals surface area contributed by atoms with E-state index >= 15 is 0 Å². The van der Waals surface area contributed by atoms with Crippen LogP contribution >= 0.6 is 0 Å². The van der Waals surface area contributed by atoms with E-state index in [-0.39, 0.29) is 22.3 Å². The van der Waals surface area contributed by atoms with Crippen LogP contribution in [0.2, 0.25) is 0 Å². The Balaban J connectivity index is 0.000000329. The lowest BCUT2D eigenvalue weighted by atomic mass is 10.0. The lowest BCUT2D eigenvalue weighted by Crippen LogP contribution is -1.94. The average molecular weight is 691 g/mol. The highest BCUT2D eigenvalue weighted by Crippen LogP contribution is 2.21. The lowest BCUT2D eigenvalue weighted by Gasteiger charge is -2.04. The van der Waals surface area contributed by atoms with Crippen LogP contribution in [0.25, 0.3) is 32.7 Å². The molecule has 2 atom stereocenters. The van der Waals surface area contributed by atoms with Crippen LogP contribution in [0.5, 0.6) is 0 Å². The Bertz CT molecular complexity index is 1460. The highest BCUT2D eigenvalue weighted by molar-refractivity contribution is 5.82. The summed E-state index contributed by atoms with van der Waals surface area (Å²) in [6.45, 7) is 7.69. The zero-order chi connectivity index (χ0) is 33.8. The first-order chi connectivity index (χ1) is 23.6. The Morgan fingerprint density at radius 1 is 0.431 bits per heavy atom. The predicted octanol–water partition coefficient (Wildman–Crippen LogP) is 12.1. The molecule has 2 saturated heterocycles. The zero-order valence-electron chi connectivity index (χ0n) is 28.9. The van der Waals surface area contributed by atoms with Gasteiger partial charge in [-0.3, -0.25) is 0 Å². The van der Waals surface area contributed by atoms with Crippen molar-refractivity contribution in [2.24, 2.45) is 0 Å². The first-order valence-corrected chi connectivity index (χ1v) is 16.9. The molecule has 2 unspecified atom stereocenters. The smallest absolute Gasteiger partial charge is 0.104 e. The van der Waals surface area contributed by atoms with Crippen LogP contribution in [0.15, 0.2) is 146 Å². The van der Waals surface area contributed by atoms with Crippen LogP contribution in [-0.2, 0) is 31.8 Å². The summed E-state index contributed by atoms with van der Waals surface area (Å²) in [5.74, 6) is 0. The van der Waals surface area contributed by atoms with Gasteiger partial charge in [-0.25, -0.2) is 0 Å². The number of fused-ring (bicyclic) bond motifs is 2. The van der Waals surface area contributed by atoms with Crippen molar-refractivity contribution >= 4 is 21.5 Å². The molecule has 0 bridgehead atoms. The molecule has 0 radical (unpaired) electrons. The Morgan fingerprint density at radius 3 is 0.824 bits per heavy atom. The molecule has 4 nitrogen and oxygen atoms in total. The van der Waals surface area contributed by atoms with Crippen molar-refractivity contribution in [3.05, 3.63) is 157 Å². The van der Waals surface area contributed by atoms with Crippen LogP contribution < -0.4 is 0 Å². The van der Waals surface area contributed by atoms with Gasteiger partial charge in [-0.15, -0.1) is 0 Å². The molecule has 0 saturated carbocycles. The van der Waals surface area contributed by atoms with Crippen molar-refractivity contribution in [1.29, 1.82) is 0 Å². The third-order valence-electron chi connectivity index (χ3n) is 7.88. The van der Waals surface area contributed by atoms with E-state index in [1.807, 2.05) is 0 Å². The fraction of sp³-hybridized carbons (Fsp3) is 0.319. The molecule has 6 aromatic rings. The first kappa shape index (κ1) is 44.7. The minimum atomic E-state index is 0. The van der Waals surface area contributed by atoms with Crippen molar-refractivity contribution in [3.63, 3.8) is 0 Å².